The lowest BCUT2D eigenvalue weighted by Crippen LogP contribution is -1.91. The number of nitrogens with zero attached hydrogens (tertiary/aromatic N) is 2. The van der Waals surface area contributed by atoms with E-state index in [1.807, 2.05) is 30.3 Å². The molecular formula is C14H10N2O4. The number of nitro benzene ring substituents is 1. The second-order valence-corrected chi connectivity index (χ2v) is 4.25. The van der Waals surface area contributed by atoms with Gasteiger partial charge in [0.1, 0.15) is 5.52 Å². The summed E-state index contributed by atoms with van der Waals surface area (Å²) in [4.78, 5) is 14.6. The van der Waals surface area contributed by atoms with Gasteiger partial charge < -0.3 is 9.52 Å². The number of hydrogen-bond donors (Lipinski definition) is 1. The Morgan fingerprint density at radius 1 is 1.25 bits per heavy atom. The van der Waals surface area contributed by atoms with Crippen molar-refractivity contribution in [2.45, 2.75) is 6.61 Å². The minimum Gasteiger partial charge on any atom is -0.436 e. The molecule has 0 saturated heterocycles. The first-order valence-electron chi connectivity index (χ1n) is 5.93. The standard InChI is InChI=1S/C14H10N2O4/c17-8-10-6-11(16(18)19)7-12-13(10)20-14(15-12)9-4-2-1-3-5-9/h1-7,17H,8H2. The summed E-state index contributed by atoms with van der Waals surface area (Å²) in [5.74, 6) is 0.371. The van der Waals surface area contributed by atoms with E-state index >= 15 is 0 Å². The van der Waals surface area contributed by atoms with Crippen LogP contribution in [-0.2, 0) is 6.61 Å². The zero-order valence-electron chi connectivity index (χ0n) is 10.3. The predicted molar refractivity (Wildman–Crippen MR) is 72.0 cm³/mol. The van der Waals surface area contributed by atoms with Crippen LogP contribution in [0.2, 0.25) is 0 Å². The van der Waals surface area contributed by atoms with Gasteiger partial charge in [0.2, 0.25) is 5.89 Å². The summed E-state index contributed by atoms with van der Waals surface area (Å²) in [7, 11) is 0. The van der Waals surface area contributed by atoms with Crippen molar-refractivity contribution in [2.75, 3.05) is 0 Å². The third kappa shape index (κ3) is 2.02. The Morgan fingerprint density at radius 3 is 2.65 bits per heavy atom. The van der Waals surface area contributed by atoms with Crippen molar-refractivity contribution in [3.8, 4) is 11.5 Å². The number of rotatable bonds is 3. The highest BCUT2D eigenvalue weighted by atomic mass is 16.6. The molecule has 0 spiro atoms. The fraction of sp³-hybridized carbons (Fsp3) is 0.0714. The van der Waals surface area contributed by atoms with Crippen LogP contribution in [-0.4, -0.2) is 15.0 Å². The maximum Gasteiger partial charge on any atom is 0.272 e. The molecule has 0 aliphatic carbocycles. The minimum absolute atomic E-state index is 0.116. The first-order chi connectivity index (χ1) is 9.69. The number of nitro groups is 1. The Morgan fingerprint density at radius 2 is 2.00 bits per heavy atom. The molecule has 0 fully saturated rings. The van der Waals surface area contributed by atoms with E-state index in [0.29, 0.717) is 22.6 Å². The third-order valence-electron chi connectivity index (χ3n) is 2.95. The van der Waals surface area contributed by atoms with E-state index in [4.69, 9.17) is 4.42 Å². The topological polar surface area (TPSA) is 89.4 Å². The summed E-state index contributed by atoms with van der Waals surface area (Å²) in [5.41, 5.74) is 1.74. The first-order valence-corrected chi connectivity index (χ1v) is 5.93. The summed E-state index contributed by atoms with van der Waals surface area (Å²) in [6.07, 6.45) is 0. The normalized spacial score (nSPS) is 10.8. The van der Waals surface area contributed by atoms with E-state index in [1.54, 1.807) is 0 Å². The van der Waals surface area contributed by atoms with Gasteiger partial charge in [-0.15, -0.1) is 0 Å². The Hall–Kier alpha value is -2.73. The van der Waals surface area contributed by atoms with Crippen molar-refractivity contribution in [1.29, 1.82) is 0 Å². The predicted octanol–water partition coefficient (Wildman–Crippen LogP) is 2.90. The zero-order valence-corrected chi connectivity index (χ0v) is 10.3. The molecule has 0 aliphatic heterocycles. The number of aliphatic hydroxyl groups is 1. The second kappa shape index (κ2) is 4.75. The fourth-order valence-electron chi connectivity index (χ4n) is 2.01. The number of aromatic nitrogens is 1. The third-order valence-corrected chi connectivity index (χ3v) is 2.95. The van der Waals surface area contributed by atoms with E-state index in [1.165, 1.54) is 12.1 Å². The van der Waals surface area contributed by atoms with Gasteiger partial charge in [-0.05, 0) is 12.1 Å². The van der Waals surface area contributed by atoms with Gasteiger partial charge in [-0.2, -0.15) is 0 Å². The van der Waals surface area contributed by atoms with Crippen molar-refractivity contribution >= 4 is 16.8 Å². The molecule has 3 aromatic rings. The molecule has 0 amide bonds. The quantitative estimate of drug-likeness (QED) is 0.583. The number of hydrogen-bond acceptors (Lipinski definition) is 5. The maximum absolute atomic E-state index is 10.9. The van der Waals surface area contributed by atoms with Crippen LogP contribution < -0.4 is 0 Å². The van der Waals surface area contributed by atoms with Gasteiger partial charge in [-0.3, -0.25) is 10.1 Å². The van der Waals surface area contributed by atoms with E-state index in [2.05, 4.69) is 4.98 Å². The van der Waals surface area contributed by atoms with Crippen molar-refractivity contribution < 1.29 is 14.4 Å². The molecule has 6 nitrogen and oxygen atoms in total. The van der Waals surface area contributed by atoms with Crippen molar-refractivity contribution in [3.05, 3.63) is 58.1 Å². The first kappa shape index (κ1) is 12.3. The smallest absolute Gasteiger partial charge is 0.272 e. The van der Waals surface area contributed by atoms with Crippen molar-refractivity contribution in [1.82, 2.24) is 4.98 Å². The molecule has 0 saturated carbocycles. The number of fused-ring (bicyclic) bond motifs is 1. The molecule has 1 N–H and O–H groups in total. The Labute approximate surface area is 113 Å². The Balaban J connectivity index is 2.22. The minimum atomic E-state index is -0.518. The van der Waals surface area contributed by atoms with Gasteiger partial charge >= 0.3 is 0 Å². The highest BCUT2D eigenvalue weighted by Gasteiger charge is 2.17. The van der Waals surface area contributed by atoms with Crippen LogP contribution in [0.4, 0.5) is 5.69 Å². The average molecular weight is 270 g/mol. The second-order valence-electron chi connectivity index (χ2n) is 4.25. The van der Waals surface area contributed by atoms with Gasteiger partial charge in [0.25, 0.3) is 5.69 Å². The molecule has 0 aliphatic rings. The van der Waals surface area contributed by atoms with Crippen LogP contribution in [0.5, 0.6) is 0 Å². The van der Waals surface area contributed by atoms with E-state index in [0.717, 1.165) is 5.56 Å². The molecule has 0 bridgehead atoms. The Kier molecular flexibility index (Phi) is 2.92. The molecule has 6 heteroatoms. The lowest BCUT2D eigenvalue weighted by molar-refractivity contribution is -0.384. The number of benzene rings is 2. The summed E-state index contributed by atoms with van der Waals surface area (Å²) in [6, 6.07) is 11.9. The van der Waals surface area contributed by atoms with Crippen LogP contribution in [0.1, 0.15) is 5.56 Å². The number of aliphatic hydroxyl groups excluding tert-OH is 1. The molecule has 100 valence electrons. The lowest BCUT2D eigenvalue weighted by Gasteiger charge is -1.97. The molecule has 0 unspecified atom stereocenters. The monoisotopic (exact) mass is 270 g/mol. The van der Waals surface area contributed by atoms with E-state index < -0.39 is 4.92 Å². The van der Waals surface area contributed by atoms with E-state index in [9.17, 15) is 15.2 Å². The van der Waals surface area contributed by atoms with Gasteiger partial charge in [0, 0.05) is 23.3 Å². The molecule has 2 aromatic carbocycles. The molecule has 0 radical (unpaired) electrons. The van der Waals surface area contributed by atoms with Crippen LogP contribution in [0.15, 0.2) is 46.9 Å². The summed E-state index contributed by atoms with van der Waals surface area (Å²) in [5, 5.41) is 20.2. The summed E-state index contributed by atoms with van der Waals surface area (Å²) >= 11 is 0. The number of oxazole rings is 1. The van der Waals surface area contributed by atoms with Crippen molar-refractivity contribution in [2.24, 2.45) is 0 Å². The van der Waals surface area contributed by atoms with Gasteiger partial charge in [0.15, 0.2) is 5.58 Å². The van der Waals surface area contributed by atoms with Crippen LogP contribution in [0, 0.1) is 10.1 Å². The molecule has 1 heterocycles. The van der Waals surface area contributed by atoms with Gasteiger partial charge in [-0.25, -0.2) is 4.98 Å². The molecule has 3 rings (SSSR count). The van der Waals surface area contributed by atoms with Crippen molar-refractivity contribution in [3.63, 3.8) is 0 Å². The largest absolute Gasteiger partial charge is 0.436 e. The van der Waals surface area contributed by atoms with Crippen LogP contribution in [0.25, 0.3) is 22.6 Å². The SMILES string of the molecule is O=[N+]([O-])c1cc(CO)c2oc(-c3ccccc3)nc2c1. The molecule has 1 aromatic heterocycles. The fourth-order valence-corrected chi connectivity index (χ4v) is 2.01. The molecule has 0 atom stereocenters. The maximum atomic E-state index is 10.9. The van der Waals surface area contributed by atoms with E-state index in [-0.39, 0.29) is 12.3 Å². The molecule has 20 heavy (non-hydrogen) atoms. The molecular weight excluding hydrogens is 260 g/mol. The lowest BCUT2D eigenvalue weighted by atomic mass is 10.2. The summed E-state index contributed by atoms with van der Waals surface area (Å²) < 4.78 is 5.62. The highest BCUT2D eigenvalue weighted by Crippen LogP contribution is 2.30. The summed E-state index contributed by atoms with van der Waals surface area (Å²) in [6.45, 7) is -0.346. The highest BCUT2D eigenvalue weighted by molar-refractivity contribution is 5.81. The average Bonchev–Trinajstić information content (AvgIpc) is 2.91. The number of non-ortho nitro benzene ring substituents is 1. The van der Waals surface area contributed by atoms with Crippen LogP contribution in [0.3, 0.4) is 0 Å². The Bertz CT molecular complexity index is 780. The van der Waals surface area contributed by atoms with Gasteiger partial charge in [0.05, 0.1) is 11.5 Å². The van der Waals surface area contributed by atoms with Crippen LogP contribution >= 0.6 is 0 Å². The zero-order chi connectivity index (χ0) is 14.1. The van der Waals surface area contributed by atoms with Gasteiger partial charge in [-0.1, -0.05) is 18.2 Å².